The van der Waals surface area contributed by atoms with Gasteiger partial charge in [-0.05, 0) is 68.7 Å². The van der Waals surface area contributed by atoms with Crippen molar-refractivity contribution in [2.45, 2.75) is 65.0 Å². The van der Waals surface area contributed by atoms with Crippen LogP contribution in [0.1, 0.15) is 57.8 Å². The Hall–Kier alpha value is -5.56. The summed E-state index contributed by atoms with van der Waals surface area (Å²) >= 11 is 0. The van der Waals surface area contributed by atoms with Crippen LogP contribution in [0.5, 0.6) is 11.5 Å². The quantitative estimate of drug-likeness (QED) is 0.243. The van der Waals surface area contributed by atoms with Crippen LogP contribution < -0.4 is 20.1 Å². The number of nitrogens with zero attached hydrogens (tertiary/aromatic N) is 5. The number of likely N-dealkylation sites (tertiary alicyclic amines) is 1. The summed E-state index contributed by atoms with van der Waals surface area (Å²) in [4.78, 5) is 59.5. The minimum Gasteiger partial charge on any atom is -0.493 e. The average Bonchev–Trinajstić information content (AvgIpc) is 3.51. The Balaban J connectivity index is 0.00000342. The number of carbonyl (C=O) groups is 4. The number of nitriles is 1. The number of fused-ring (bicyclic) bond motifs is 1. The van der Waals surface area contributed by atoms with Gasteiger partial charge in [0.05, 0.1) is 44.0 Å². The number of methoxy groups -OCH3 is 1. The van der Waals surface area contributed by atoms with Gasteiger partial charge in [-0.2, -0.15) is 5.26 Å². The van der Waals surface area contributed by atoms with E-state index in [1.807, 2.05) is 32.0 Å². The predicted octanol–water partition coefficient (Wildman–Crippen LogP) is 4.86. The third kappa shape index (κ3) is 11.7. The zero-order chi connectivity index (χ0) is 41.0. The van der Waals surface area contributed by atoms with E-state index in [0.717, 1.165) is 29.0 Å². The Morgan fingerprint density at radius 1 is 0.946 bits per heavy atom. The number of piperazine rings is 1. The Kier molecular flexibility index (Phi) is 14.9. The van der Waals surface area contributed by atoms with Crippen molar-refractivity contribution < 1.29 is 42.2 Å². The molecule has 1 atom stereocenters. The molecule has 1 aromatic heterocycles. The third-order valence-corrected chi connectivity index (χ3v) is 9.01. The fraction of sp³-hybridized carbons (Fsp3) is 0.500. The summed E-state index contributed by atoms with van der Waals surface area (Å²) in [5, 5.41) is 14.8. The van der Waals surface area contributed by atoms with E-state index in [0.29, 0.717) is 55.2 Å². The average molecular weight is 780 g/mol. The molecule has 56 heavy (non-hydrogen) atoms. The van der Waals surface area contributed by atoms with Crippen molar-refractivity contribution in [3.63, 3.8) is 0 Å². The Bertz CT molecular complexity index is 1910. The molecule has 2 aliphatic heterocycles. The highest BCUT2D eigenvalue weighted by atomic mass is 19.3. The molecule has 0 saturated carbocycles. The number of alkyl halides is 2. The lowest BCUT2D eigenvalue weighted by atomic mass is 10.00. The monoisotopic (exact) mass is 779 g/mol. The van der Waals surface area contributed by atoms with E-state index in [1.54, 1.807) is 57.0 Å². The van der Waals surface area contributed by atoms with E-state index in [9.17, 15) is 33.2 Å². The number of rotatable bonds is 12. The van der Waals surface area contributed by atoms with E-state index < -0.39 is 55.0 Å². The molecule has 16 heteroatoms. The molecule has 1 unspecified atom stereocenters. The van der Waals surface area contributed by atoms with Crippen molar-refractivity contribution in [2.75, 3.05) is 66.1 Å². The van der Waals surface area contributed by atoms with Gasteiger partial charge in [-0.15, -0.1) is 0 Å². The van der Waals surface area contributed by atoms with Crippen molar-refractivity contribution in [3.05, 3.63) is 54.2 Å². The van der Waals surface area contributed by atoms with E-state index >= 15 is 0 Å². The zero-order valence-electron chi connectivity index (χ0n) is 32.8. The molecule has 3 heterocycles. The first-order valence-electron chi connectivity index (χ1n) is 18.7. The Morgan fingerprint density at radius 3 is 2.30 bits per heavy atom. The minimum absolute atomic E-state index is 0.115. The predicted molar refractivity (Wildman–Crippen MR) is 205 cm³/mol. The van der Waals surface area contributed by atoms with E-state index in [4.69, 9.17) is 14.2 Å². The number of pyridine rings is 1. The van der Waals surface area contributed by atoms with Gasteiger partial charge in [0.15, 0.2) is 11.5 Å². The topological polar surface area (TPSA) is 166 Å². The standard InChI is InChI=1S/C38H45F2N7O7.C2H6/c1-37(2,3)54-36(51)44-22-33(48)46-15-13-45(14-16-46)12-5-17-53-32-19-26(7-9-31(32)52-4)25-6-8-30-29(18-25)28(10-11-42-30)35(50)43-23-34(49)47-24-38(39,40)20-27(47)21-41;1-2/h6-11,18-19,27H,5,12-17,20,22-24H2,1-4H3,(H,43,50)(H,44,51);1-2H3. The summed E-state index contributed by atoms with van der Waals surface area (Å²) in [6.45, 7) is 11.4. The molecule has 4 amide bonds. The molecule has 14 nitrogen and oxygen atoms in total. The molecule has 5 rings (SSSR count). The highest BCUT2D eigenvalue weighted by molar-refractivity contribution is 6.07. The van der Waals surface area contributed by atoms with Crippen LogP contribution in [-0.4, -0.2) is 127 Å². The van der Waals surface area contributed by atoms with Gasteiger partial charge in [-0.25, -0.2) is 13.6 Å². The third-order valence-electron chi connectivity index (χ3n) is 9.01. The lowest BCUT2D eigenvalue weighted by Crippen LogP contribution is -2.51. The van der Waals surface area contributed by atoms with E-state index in [1.165, 1.54) is 12.3 Å². The summed E-state index contributed by atoms with van der Waals surface area (Å²) < 4.78 is 44.6. The second-order valence-electron chi connectivity index (χ2n) is 14.1. The second kappa shape index (κ2) is 19.3. The molecule has 302 valence electrons. The maximum atomic E-state index is 13.8. The summed E-state index contributed by atoms with van der Waals surface area (Å²) in [6.07, 6.45) is 0.835. The molecule has 2 aliphatic rings. The number of nitrogens with one attached hydrogen (secondary N) is 2. The number of ether oxygens (including phenoxy) is 3. The molecule has 2 aromatic carbocycles. The van der Waals surface area contributed by atoms with Crippen LogP contribution in [0.4, 0.5) is 13.6 Å². The van der Waals surface area contributed by atoms with Crippen molar-refractivity contribution in [1.82, 2.24) is 30.3 Å². The molecule has 0 spiro atoms. The second-order valence-corrected chi connectivity index (χ2v) is 14.1. The molecule has 2 fully saturated rings. The molecule has 2 saturated heterocycles. The van der Waals surface area contributed by atoms with Crippen LogP contribution in [-0.2, 0) is 14.3 Å². The number of carbonyl (C=O) groups excluding carboxylic acids is 4. The van der Waals surface area contributed by atoms with Gasteiger partial charge in [-0.1, -0.05) is 26.0 Å². The number of aromatic nitrogens is 1. The lowest BCUT2D eigenvalue weighted by Gasteiger charge is -2.34. The van der Waals surface area contributed by atoms with E-state index in [-0.39, 0.29) is 18.0 Å². The fourth-order valence-corrected chi connectivity index (χ4v) is 6.30. The molecule has 0 aliphatic carbocycles. The van der Waals surface area contributed by atoms with Crippen LogP contribution in [0, 0.1) is 11.3 Å². The highest BCUT2D eigenvalue weighted by Crippen LogP contribution is 2.35. The normalized spacial score (nSPS) is 16.6. The largest absolute Gasteiger partial charge is 0.493 e. The highest BCUT2D eigenvalue weighted by Gasteiger charge is 2.47. The van der Waals surface area contributed by atoms with Gasteiger partial charge in [0.1, 0.15) is 18.2 Å². The van der Waals surface area contributed by atoms with Gasteiger partial charge >= 0.3 is 6.09 Å². The summed E-state index contributed by atoms with van der Waals surface area (Å²) in [7, 11) is 1.55. The van der Waals surface area contributed by atoms with Crippen LogP contribution in [0.25, 0.3) is 22.0 Å². The summed E-state index contributed by atoms with van der Waals surface area (Å²) in [6, 6.07) is 12.9. The maximum Gasteiger partial charge on any atom is 0.408 e. The minimum atomic E-state index is -3.16. The molecule has 3 aromatic rings. The van der Waals surface area contributed by atoms with Crippen LogP contribution in [0.15, 0.2) is 48.7 Å². The number of halogens is 2. The van der Waals surface area contributed by atoms with Crippen molar-refractivity contribution in [2.24, 2.45) is 0 Å². The molecular formula is C40H51F2N7O7. The zero-order valence-corrected chi connectivity index (χ0v) is 32.8. The van der Waals surface area contributed by atoms with Gasteiger partial charge < -0.3 is 34.6 Å². The van der Waals surface area contributed by atoms with Crippen LogP contribution in [0.2, 0.25) is 0 Å². The Labute approximate surface area is 326 Å². The number of amides is 4. The summed E-state index contributed by atoms with van der Waals surface area (Å²) in [5.41, 5.74) is 1.69. The first-order valence-corrected chi connectivity index (χ1v) is 18.7. The fourth-order valence-electron chi connectivity index (χ4n) is 6.30. The number of benzene rings is 2. The lowest BCUT2D eigenvalue weighted by molar-refractivity contribution is -0.132. The SMILES string of the molecule is CC.COc1ccc(-c2ccc3nccc(C(=O)NCC(=O)N4CC(F)(F)CC4C#N)c3c2)cc1OCCCN1CCN(C(=O)CNC(=O)OC(C)(C)C)CC1. The van der Waals surface area contributed by atoms with Crippen LogP contribution >= 0.6 is 0 Å². The van der Waals surface area contributed by atoms with Gasteiger partial charge in [0.25, 0.3) is 11.8 Å². The van der Waals surface area contributed by atoms with E-state index in [2.05, 4.69) is 20.5 Å². The smallest absolute Gasteiger partial charge is 0.408 e. The number of hydrogen-bond donors (Lipinski definition) is 2. The maximum absolute atomic E-state index is 13.8. The molecular weight excluding hydrogens is 728 g/mol. The first kappa shape index (κ1) is 43.2. The van der Waals surface area contributed by atoms with Crippen molar-refractivity contribution in [3.8, 4) is 28.7 Å². The van der Waals surface area contributed by atoms with Gasteiger partial charge in [-0.3, -0.25) is 24.3 Å². The Morgan fingerprint density at radius 2 is 1.62 bits per heavy atom. The summed E-state index contributed by atoms with van der Waals surface area (Å²) in [5.74, 6) is -3.58. The van der Waals surface area contributed by atoms with Crippen molar-refractivity contribution in [1.29, 1.82) is 5.26 Å². The van der Waals surface area contributed by atoms with Gasteiger partial charge in [0, 0.05) is 50.7 Å². The number of alkyl carbamates (subject to hydrolysis) is 1. The number of hydrogen-bond acceptors (Lipinski definition) is 10. The van der Waals surface area contributed by atoms with Crippen molar-refractivity contribution >= 4 is 34.7 Å². The molecule has 0 radical (unpaired) electrons. The van der Waals surface area contributed by atoms with Gasteiger partial charge in [0.2, 0.25) is 11.8 Å². The first-order chi connectivity index (χ1) is 26.7. The van der Waals surface area contributed by atoms with Crippen LogP contribution in [0.3, 0.4) is 0 Å². The molecule has 2 N–H and O–H groups in total. The molecule has 0 bridgehead atoms.